The van der Waals surface area contributed by atoms with Gasteiger partial charge in [-0.25, -0.2) is 9.37 Å². The largest absolute Gasteiger partial charge is 0.497 e. The molecular formula is C25H24FN3O3S. The fourth-order valence-electron chi connectivity index (χ4n) is 4.57. The number of hydrogen-bond acceptors (Lipinski definition) is 6. The minimum absolute atomic E-state index is 0.147. The number of thiophene rings is 1. The van der Waals surface area contributed by atoms with E-state index in [0.717, 1.165) is 47.6 Å². The van der Waals surface area contributed by atoms with Gasteiger partial charge in [-0.05, 0) is 55.3 Å². The summed E-state index contributed by atoms with van der Waals surface area (Å²) < 4.78 is 24.3. The van der Waals surface area contributed by atoms with Crippen molar-refractivity contribution in [3.8, 4) is 22.6 Å². The number of nitrogens with one attached hydrogen (secondary N) is 1. The highest BCUT2D eigenvalue weighted by atomic mass is 32.1. The molecule has 1 aliphatic heterocycles. The zero-order valence-corrected chi connectivity index (χ0v) is 19.2. The molecule has 1 atom stereocenters. The van der Waals surface area contributed by atoms with Crippen LogP contribution in [0.3, 0.4) is 0 Å². The standard InChI is InChI=1S/C25H24FN3O3S/c1-31-17-9-10-21(32-2)18(12-17)20-4-3-11-29(20)13-22-27-24(30)23-19(14-33-25(23)28-22)15-5-7-16(26)8-6-15/h5-10,12,14,20H,3-4,11,13H2,1-2H3,(H,27,28,30). The summed E-state index contributed by atoms with van der Waals surface area (Å²) in [6.45, 7) is 1.43. The zero-order valence-electron chi connectivity index (χ0n) is 18.4. The van der Waals surface area contributed by atoms with E-state index in [1.54, 1.807) is 26.4 Å². The van der Waals surface area contributed by atoms with E-state index in [1.807, 2.05) is 23.6 Å². The maximum Gasteiger partial charge on any atom is 0.260 e. The summed E-state index contributed by atoms with van der Waals surface area (Å²) in [7, 11) is 3.33. The molecule has 3 heterocycles. The topological polar surface area (TPSA) is 67.5 Å². The summed E-state index contributed by atoms with van der Waals surface area (Å²) >= 11 is 1.43. The lowest BCUT2D eigenvalue weighted by molar-refractivity contribution is 0.236. The molecule has 0 spiro atoms. The first-order valence-electron chi connectivity index (χ1n) is 10.8. The number of fused-ring (bicyclic) bond motifs is 1. The first-order chi connectivity index (χ1) is 16.1. The van der Waals surface area contributed by atoms with Gasteiger partial charge in [-0.15, -0.1) is 11.3 Å². The number of hydrogen-bond donors (Lipinski definition) is 1. The summed E-state index contributed by atoms with van der Waals surface area (Å²) in [5, 5.41) is 2.45. The summed E-state index contributed by atoms with van der Waals surface area (Å²) in [6.07, 6.45) is 2.04. The maximum atomic E-state index is 13.3. The molecule has 5 rings (SSSR count). The molecule has 1 unspecified atom stereocenters. The molecule has 6 nitrogen and oxygen atoms in total. The third-order valence-corrected chi connectivity index (χ3v) is 7.03. The van der Waals surface area contributed by atoms with Gasteiger partial charge in [0.1, 0.15) is 28.0 Å². The normalized spacial score (nSPS) is 16.4. The molecule has 1 fully saturated rings. The van der Waals surface area contributed by atoms with Crippen molar-refractivity contribution in [1.29, 1.82) is 0 Å². The van der Waals surface area contributed by atoms with Gasteiger partial charge >= 0.3 is 0 Å². The van der Waals surface area contributed by atoms with Crippen LogP contribution in [0.4, 0.5) is 4.39 Å². The van der Waals surface area contributed by atoms with Gasteiger partial charge in [-0.2, -0.15) is 0 Å². The third-order valence-electron chi connectivity index (χ3n) is 6.16. The molecular weight excluding hydrogens is 441 g/mol. The highest BCUT2D eigenvalue weighted by molar-refractivity contribution is 7.17. The summed E-state index contributed by atoms with van der Waals surface area (Å²) in [5.74, 6) is 1.94. The number of likely N-dealkylation sites (tertiary alicyclic amines) is 1. The Kier molecular flexibility index (Phi) is 5.86. The molecule has 0 radical (unpaired) electrons. The van der Waals surface area contributed by atoms with Gasteiger partial charge in [0.15, 0.2) is 0 Å². The summed E-state index contributed by atoms with van der Waals surface area (Å²) in [5.41, 5.74) is 2.47. The van der Waals surface area contributed by atoms with Crippen LogP contribution in [0, 0.1) is 5.82 Å². The zero-order chi connectivity index (χ0) is 22.9. The van der Waals surface area contributed by atoms with Gasteiger partial charge in [0, 0.05) is 22.5 Å². The lowest BCUT2D eigenvalue weighted by Crippen LogP contribution is -2.26. The van der Waals surface area contributed by atoms with Gasteiger partial charge < -0.3 is 14.5 Å². The smallest absolute Gasteiger partial charge is 0.260 e. The Labute approximate surface area is 194 Å². The number of methoxy groups -OCH3 is 2. The predicted octanol–water partition coefficient (Wildman–Crippen LogP) is 5.15. The molecule has 0 aliphatic carbocycles. The molecule has 1 saturated heterocycles. The number of aromatic amines is 1. The van der Waals surface area contributed by atoms with Crippen LogP contribution in [-0.4, -0.2) is 35.6 Å². The van der Waals surface area contributed by atoms with E-state index < -0.39 is 0 Å². The number of halogens is 1. The number of benzene rings is 2. The first kappa shape index (κ1) is 21.6. The second-order valence-corrected chi connectivity index (χ2v) is 8.94. The Bertz CT molecular complexity index is 1350. The first-order valence-corrected chi connectivity index (χ1v) is 11.7. The van der Waals surface area contributed by atoms with Gasteiger partial charge in [0.05, 0.1) is 26.2 Å². The van der Waals surface area contributed by atoms with Crippen molar-refractivity contribution in [1.82, 2.24) is 14.9 Å². The number of nitrogens with zero attached hydrogens (tertiary/aromatic N) is 2. The van der Waals surface area contributed by atoms with Crippen LogP contribution in [0.15, 0.2) is 52.6 Å². The number of ether oxygens (including phenoxy) is 2. The van der Waals surface area contributed by atoms with Crippen molar-refractivity contribution in [2.24, 2.45) is 0 Å². The molecule has 1 N–H and O–H groups in total. The molecule has 0 bridgehead atoms. The molecule has 8 heteroatoms. The lowest BCUT2D eigenvalue weighted by atomic mass is 10.0. The Morgan fingerprint density at radius 3 is 2.76 bits per heavy atom. The SMILES string of the molecule is COc1ccc(OC)c(C2CCCN2Cc2nc3scc(-c4ccc(F)cc4)c3c(=O)[nH]2)c1. The summed E-state index contributed by atoms with van der Waals surface area (Å²) in [4.78, 5) is 23.7. The molecule has 170 valence electrons. The second-order valence-electron chi connectivity index (χ2n) is 8.09. The van der Waals surface area contributed by atoms with Crippen LogP contribution >= 0.6 is 11.3 Å². The van der Waals surface area contributed by atoms with Crippen LogP contribution in [-0.2, 0) is 6.54 Å². The molecule has 33 heavy (non-hydrogen) atoms. The van der Waals surface area contributed by atoms with E-state index >= 15 is 0 Å². The van der Waals surface area contributed by atoms with Crippen LogP contribution in [0.25, 0.3) is 21.3 Å². The quantitative estimate of drug-likeness (QED) is 0.427. The van der Waals surface area contributed by atoms with Gasteiger partial charge in [0.25, 0.3) is 5.56 Å². The molecule has 2 aromatic heterocycles. The van der Waals surface area contributed by atoms with Gasteiger partial charge in [0.2, 0.25) is 0 Å². The van der Waals surface area contributed by atoms with E-state index in [1.165, 1.54) is 23.5 Å². The molecule has 4 aromatic rings. The van der Waals surface area contributed by atoms with Crippen molar-refractivity contribution in [2.75, 3.05) is 20.8 Å². The van der Waals surface area contributed by atoms with E-state index in [9.17, 15) is 9.18 Å². The van der Waals surface area contributed by atoms with E-state index in [4.69, 9.17) is 14.5 Å². The Balaban J connectivity index is 1.46. The van der Waals surface area contributed by atoms with Crippen molar-refractivity contribution in [2.45, 2.75) is 25.4 Å². The Hall–Kier alpha value is -3.23. The van der Waals surface area contributed by atoms with Crippen molar-refractivity contribution < 1.29 is 13.9 Å². The Morgan fingerprint density at radius 2 is 2.00 bits per heavy atom. The highest BCUT2D eigenvalue weighted by Gasteiger charge is 2.29. The minimum Gasteiger partial charge on any atom is -0.497 e. The van der Waals surface area contributed by atoms with Gasteiger partial charge in [-0.1, -0.05) is 12.1 Å². The summed E-state index contributed by atoms with van der Waals surface area (Å²) in [6, 6.07) is 12.2. The van der Waals surface area contributed by atoms with Crippen molar-refractivity contribution >= 4 is 21.6 Å². The van der Waals surface area contributed by atoms with Crippen molar-refractivity contribution in [3.05, 3.63) is 75.4 Å². The molecule has 1 aliphatic rings. The average Bonchev–Trinajstić information content (AvgIpc) is 3.46. The van der Waals surface area contributed by atoms with Gasteiger partial charge in [-0.3, -0.25) is 9.69 Å². The monoisotopic (exact) mass is 465 g/mol. The third kappa shape index (κ3) is 4.12. The second kappa shape index (κ2) is 8.96. The lowest BCUT2D eigenvalue weighted by Gasteiger charge is -2.26. The number of aromatic nitrogens is 2. The molecule has 2 aromatic carbocycles. The minimum atomic E-state index is -0.305. The highest BCUT2D eigenvalue weighted by Crippen LogP contribution is 2.39. The van der Waals surface area contributed by atoms with Crippen LogP contribution < -0.4 is 15.0 Å². The van der Waals surface area contributed by atoms with E-state index in [-0.39, 0.29) is 17.4 Å². The fourth-order valence-corrected chi connectivity index (χ4v) is 5.54. The fraction of sp³-hybridized carbons (Fsp3) is 0.280. The van der Waals surface area contributed by atoms with Crippen molar-refractivity contribution in [3.63, 3.8) is 0 Å². The Morgan fingerprint density at radius 1 is 1.18 bits per heavy atom. The van der Waals surface area contributed by atoms with Crippen LogP contribution in [0.2, 0.25) is 0 Å². The molecule has 0 saturated carbocycles. The van der Waals surface area contributed by atoms with E-state index in [0.29, 0.717) is 22.6 Å². The predicted molar refractivity (Wildman–Crippen MR) is 128 cm³/mol. The number of H-pyrrole nitrogens is 1. The van der Waals surface area contributed by atoms with E-state index in [2.05, 4.69) is 9.88 Å². The van der Waals surface area contributed by atoms with Crippen LogP contribution in [0.1, 0.15) is 30.3 Å². The molecule has 0 amide bonds. The maximum absolute atomic E-state index is 13.3. The van der Waals surface area contributed by atoms with Crippen LogP contribution in [0.5, 0.6) is 11.5 Å². The number of rotatable bonds is 6. The average molecular weight is 466 g/mol.